The minimum Gasteiger partial charge on any atom is -0.493 e. The van der Waals surface area contributed by atoms with E-state index in [0.29, 0.717) is 29.4 Å². The Hall–Kier alpha value is -4.06. The van der Waals surface area contributed by atoms with E-state index in [1.165, 1.54) is 5.56 Å². The minimum absolute atomic E-state index is 0.0745. The van der Waals surface area contributed by atoms with E-state index >= 15 is 0 Å². The molecular formula is C29H27NO5. The van der Waals surface area contributed by atoms with Gasteiger partial charge in [0.25, 0.3) is 0 Å². The number of methoxy groups -OCH3 is 1. The average Bonchev–Trinajstić information content (AvgIpc) is 3.25. The summed E-state index contributed by atoms with van der Waals surface area (Å²) in [6.45, 7) is 4.53. The number of rotatable bonds is 6. The third kappa shape index (κ3) is 4.39. The lowest BCUT2D eigenvalue weighted by Crippen LogP contribution is -2.37. The number of hydrogen-bond donors (Lipinski definition) is 0. The Balaban J connectivity index is 1.45. The van der Waals surface area contributed by atoms with Gasteiger partial charge in [-0.2, -0.15) is 0 Å². The third-order valence-electron chi connectivity index (χ3n) is 6.51. The SMILES string of the molecule is COc1cc(C2CC(=O)N(c3ccc(C)cc3)C3=C2C(=O)OC3)ccc1OCc1ccc(C)cc1. The van der Waals surface area contributed by atoms with Crippen molar-refractivity contribution in [3.63, 3.8) is 0 Å². The number of carbonyl (C=O) groups is 2. The van der Waals surface area contributed by atoms with Gasteiger partial charge < -0.3 is 14.2 Å². The fourth-order valence-corrected chi connectivity index (χ4v) is 4.60. The first-order valence-corrected chi connectivity index (χ1v) is 11.6. The van der Waals surface area contributed by atoms with Gasteiger partial charge in [0.1, 0.15) is 13.2 Å². The lowest BCUT2D eigenvalue weighted by molar-refractivity contribution is -0.136. The van der Waals surface area contributed by atoms with Crippen LogP contribution < -0.4 is 14.4 Å². The van der Waals surface area contributed by atoms with Gasteiger partial charge in [-0.3, -0.25) is 9.69 Å². The molecule has 2 heterocycles. The first kappa shape index (κ1) is 22.7. The number of nitrogens with zero attached hydrogens (tertiary/aromatic N) is 1. The van der Waals surface area contributed by atoms with Crippen LogP contribution in [0.1, 0.15) is 34.6 Å². The van der Waals surface area contributed by atoms with E-state index in [9.17, 15) is 9.59 Å². The minimum atomic E-state index is -0.408. The van der Waals surface area contributed by atoms with Gasteiger partial charge >= 0.3 is 5.97 Å². The summed E-state index contributed by atoms with van der Waals surface area (Å²) >= 11 is 0. The van der Waals surface area contributed by atoms with E-state index in [1.807, 2.05) is 80.6 Å². The Kier molecular flexibility index (Phi) is 6.03. The van der Waals surface area contributed by atoms with Gasteiger partial charge in [0.05, 0.1) is 18.4 Å². The second-order valence-corrected chi connectivity index (χ2v) is 8.94. The second kappa shape index (κ2) is 9.29. The highest BCUT2D eigenvalue weighted by Crippen LogP contribution is 2.43. The zero-order valence-electron chi connectivity index (χ0n) is 20.0. The van der Waals surface area contributed by atoms with Crippen LogP contribution in [0.5, 0.6) is 11.5 Å². The largest absolute Gasteiger partial charge is 0.493 e. The third-order valence-corrected chi connectivity index (χ3v) is 6.51. The van der Waals surface area contributed by atoms with E-state index in [0.717, 1.165) is 22.4 Å². The molecule has 0 radical (unpaired) electrons. The number of aryl methyl sites for hydroxylation is 2. The van der Waals surface area contributed by atoms with Gasteiger partial charge in [0, 0.05) is 18.0 Å². The van der Waals surface area contributed by atoms with Crippen LogP contribution in [-0.2, 0) is 20.9 Å². The normalized spacial score (nSPS) is 17.3. The van der Waals surface area contributed by atoms with Crippen LogP contribution >= 0.6 is 0 Å². The summed E-state index contributed by atoms with van der Waals surface area (Å²) < 4.78 is 17.0. The monoisotopic (exact) mass is 469 g/mol. The summed E-state index contributed by atoms with van der Waals surface area (Å²) in [7, 11) is 1.58. The molecule has 35 heavy (non-hydrogen) atoms. The summed E-state index contributed by atoms with van der Waals surface area (Å²) in [6, 6.07) is 21.4. The number of ether oxygens (including phenoxy) is 3. The summed E-state index contributed by atoms with van der Waals surface area (Å²) in [5, 5.41) is 0. The second-order valence-electron chi connectivity index (χ2n) is 8.94. The molecule has 1 amide bonds. The molecule has 178 valence electrons. The summed E-state index contributed by atoms with van der Waals surface area (Å²) in [5.74, 6) is 0.289. The van der Waals surface area contributed by atoms with Gasteiger partial charge in [-0.25, -0.2) is 4.79 Å². The molecule has 6 nitrogen and oxygen atoms in total. The van der Waals surface area contributed by atoms with E-state index in [4.69, 9.17) is 14.2 Å². The van der Waals surface area contributed by atoms with E-state index in [-0.39, 0.29) is 24.9 Å². The van der Waals surface area contributed by atoms with Crippen LogP contribution in [0.25, 0.3) is 0 Å². The molecule has 0 saturated heterocycles. The molecule has 6 heteroatoms. The maximum atomic E-state index is 13.3. The number of benzene rings is 3. The van der Waals surface area contributed by atoms with Crippen LogP contribution in [0.4, 0.5) is 5.69 Å². The molecule has 2 aliphatic heterocycles. The Labute approximate surface area is 204 Å². The highest BCUT2D eigenvalue weighted by molar-refractivity contribution is 6.06. The summed E-state index contributed by atoms with van der Waals surface area (Å²) in [5.41, 5.74) is 6.03. The number of carbonyl (C=O) groups excluding carboxylic acids is 2. The van der Waals surface area contributed by atoms with Crippen LogP contribution in [0.15, 0.2) is 78.0 Å². The summed E-state index contributed by atoms with van der Waals surface area (Å²) in [6.07, 6.45) is 0.161. The van der Waals surface area contributed by atoms with Crippen LogP contribution in [-0.4, -0.2) is 25.6 Å². The molecule has 1 unspecified atom stereocenters. The molecule has 3 aromatic carbocycles. The van der Waals surface area contributed by atoms with Crippen molar-refractivity contribution < 1.29 is 23.8 Å². The fraction of sp³-hybridized carbons (Fsp3) is 0.241. The first-order valence-electron chi connectivity index (χ1n) is 11.6. The van der Waals surface area contributed by atoms with E-state index in [1.54, 1.807) is 12.0 Å². The van der Waals surface area contributed by atoms with Crippen molar-refractivity contribution in [3.8, 4) is 11.5 Å². The van der Waals surface area contributed by atoms with Crippen LogP contribution in [0.2, 0.25) is 0 Å². The van der Waals surface area contributed by atoms with Crippen molar-refractivity contribution in [3.05, 3.63) is 100 Å². The topological polar surface area (TPSA) is 65.1 Å². The average molecular weight is 470 g/mol. The lowest BCUT2D eigenvalue weighted by atomic mass is 9.84. The van der Waals surface area contributed by atoms with Gasteiger partial charge in [-0.15, -0.1) is 0 Å². The fourth-order valence-electron chi connectivity index (χ4n) is 4.60. The van der Waals surface area contributed by atoms with Gasteiger partial charge in [-0.05, 0) is 49.2 Å². The van der Waals surface area contributed by atoms with Crippen molar-refractivity contribution in [2.45, 2.75) is 32.8 Å². The van der Waals surface area contributed by atoms with Crippen LogP contribution in [0, 0.1) is 13.8 Å². The molecule has 0 saturated carbocycles. The van der Waals surface area contributed by atoms with Crippen molar-refractivity contribution in [2.24, 2.45) is 0 Å². The molecule has 0 aliphatic carbocycles. The lowest BCUT2D eigenvalue weighted by Gasteiger charge is -2.32. The van der Waals surface area contributed by atoms with Crippen molar-refractivity contribution in [1.29, 1.82) is 0 Å². The number of cyclic esters (lactones) is 1. The molecule has 2 aliphatic rings. The maximum Gasteiger partial charge on any atom is 0.336 e. The maximum absolute atomic E-state index is 13.3. The zero-order valence-corrected chi connectivity index (χ0v) is 20.0. The Morgan fingerprint density at radius 1 is 0.914 bits per heavy atom. The molecule has 3 aromatic rings. The number of amides is 1. The molecule has 1 atom stereocenters. The molecule has 0 fully saturated rings. The Morgan fingerprint density at radius 3 is 2.29 bits per heavy atom. The predicted octanol–water partition coefficient (Wildman–Crippen LogP) is 5.22. The molecular weight excluding hydrogens is 442 g/mol. The Morgan fingerprint density at radius 2 is 1.60 bits per heavy atom. The van der Waals surface area contributed by atoms with Gasteiger partial charge in [-0.1, -0.05) is 53.6 Å². The molecule has 5 rings (SSSR count). The Bertz CT molecular complexity index is 1310. The molecule has 0 bridgehead atoms. The van der Waals surface area contributed by atoms with E-state index in [2.05, 4.69) is 0 Å². The van der Waals surface area contributed by atoms with Gasteiger partial charge in [0.15, 0.2) is 11.5 Å². The molecule has 0 spiro atoms. The van der Waals surface area contributed by atoms with Crippen molar-refractivity contribution in [1.82, 2.24) is 0 Å². The van der Waals surface area contributed by atoms with Gasteiger partial charge in [0.2, 0.25) is 5.91 Å². The predicted molar refractivity (Wildman–Crippen MR) is 133 cm³/mol. The van der Waals surface area contributed by atoms with Crippen LogP contribution in [0.3, 0.4) is 0 Å². The first-order chi connectivity index (χ1) is 16.9. The van der Waals surface area contributed by atoms with E-state index < -0.39 is 5.92 Å². The van der Waals surface area contributed by atoms with Crippen molar-refractivity contribution >= 4 is 17.6 Å². The number of anilines is 1. The quantitative estimate of drug-likeness (QED) is 0.463. The number of hydrogen-bond acceptors (Lipinski definition) is 5. The highest BCUT2D eigenvalue weighted by atomic mass is 16.5. The number of esters is 1. The standard InChI is InChI=1S/C29H27NO5/c1-18-4-8-20(9-5-18)16-34-25-13-10-21(14-26(25)33-3)23-15-27(31)30(22-11-6-19(2)7-12-22)24-17-35-29(32)28(23)24/h4-14,23H,15-17H2,1-3H3. The highest BCUT2D eigenvalue weighted by Gasteiger charge is 2.43. The zero-order chi connectivity index (χ0) is 24.5. The van der Waals surface area contributed by atoms with Crippen molar-refractivity contribution in [2.75, 3.05) is 18.6 Å². The molecule has 0 N–H and O–H groups in total. The smallest absolute Gasteiger partial charge is 0.336 e. The summed E-state index contributed by atoms with van der Waals surface area (Å²) in [4.78, 5) is 27.7. The molecule has 0 aromatic heterocycles.